The van der Waals surface area contributed by atoms with Crippen LogP contribution in [0.3, 0.4) is 0 Å². The second-order valence-corrected chi connectivity index (χ2v) is 5.06. The number of aliphatic hydroxyl groups is 1. The van der Waals surface area contributed by atoms with Gasteiger partial charge in [0.2, 0.25) is 0 Å². The minimum absolute atomic E-state index is 0.0606. The van der Waals surface area contributed by atoms with Crippen LogP contribution in [-0.4, -0.2) is 36.0 Å². The third-order valence-electron chi connectivity index (χ3n) is 3.16. The first kappa shape index (κ1) is 12.9. The summed E-state index contributed by atoms with van der Waals surface area (Å²) in [7, 11) is 0. The minimum atomic E-state index is 0.0606. The number of nitrogens with one attached hydrogen (secondary N) is 1. The molecule has 0 aromatic carbocycles. The third-order valence-corrected chi connectivity index (χ3v) is 3.16. The predicted molar refractivity (Wildman–Crippen MR) is 62.0 cm³/mol. The van der Waals surface area contributed by atoms with Gasteiger partial charge in [-0.05, 0) is 39.5 Å². The van der Waals surface area contributed by atoms with Gasteiger partial charge in [-0.15, -0.1) is 0 Å². The zero-order valence-electron chi connectivity index (χ0n) is 10.3. The van der Waals surface area contributed by atoms with Gasteiger partial charge in [0.05, 0.1) is 11.7 Å². The molecule has 0 radical (unpaired) electrons. The molecule has 0 saturated carbocycles. The van der Waals surface area contributed by atoms with Crippen molar-refractivity contribution in [2.75, 3.05) is 13.2 Å². The number of ether oxygens (including phenoxy) is 1. The lowest BCUT2D eigenvalue weighted by Gasteiger charge is -2.22. The zero-order chi connectivity index (χ0) is 11.3. The lowest BCUT2D eigenvalue weighted by atomic mass is 10.1. The molecule has 2 unspecified atom stereocenters. The summed E-state index contributed by atoms with van der Waals surface area (Å²) in [5.74, 6) is 0. The fourth-order valence-electron chi connectivity index (χ4n) is 2.13. The van der Waals surface area contributed by atoms with Crippen LogP contribution < -0.4 is 5.32 Å². The minimum Gasteiger partial charge on any atom is -0.396 e. The zero-order valence-corrected chi connectivity index (χ0v) is 10.3. The van der Waals surface area contributed by atoms with Crippen LogP contribution in [-0.2, 0) is 4.74 Å². The van der Waals surface area contributed by atoms with Crippen LogP contribution in [0.25, 0.3) is 0 Å². The van der Waals surface area contributed by atoms with E-state index in [2.05, 4.69) is 26.1 Å². The van der Waals surface area contributed by atoms with Gasteiger partial charge in [-0.3, -0.25) is 0 Å². The average molecular weight is 215 g/mol. The normalized spacial score (nSPS) is 26.8. The number of hydrogen-bond donors (Lipinski definition) is 2. The second kappa shape index (κ2) is 5.83. The monoisotopic (exact) mass is 215 g/mol. The summed E-state index contributed by atoms with van der Waals surface area (Å²) in [6, 6.07) is 0.433. The SMILES string of the molecule is CCC(CCO)NCC1CCC(C)(C)O1. The van der Waals surface area contributed by atoms with Crippen molar-refractivity contribution >= 4 is 0 Å². The molecule has 0 bridgehead atoms. The van der Waals surface area contributed by atoms with Crippen molar-refractivity contribution in [3.05, 3.63) is 0 Å². The third kappa shape index (κ3) is 4.49. The van der Waals surface area contributed by atoms with Gasteiger partial charge in [0, 0.05) is 19.2 Å². The summed E-state index contributed by atoms with van der Waals surface area (Å²) < 4.78 is 5.90. The van der Waals surface area contributed by atoms with E-state index in [0.717, 1.165) is 32.2 Å². The Hall–Kier alpha value is -0.120. The van der Waals surface area contributed by atoms with Crippen molar-refractivity contribution < 1.29 is 9.84 Å². The van der Waals surface area contributed by atoms with Crippen molar-refractivity contribution in [2.45, 2.75) is 64.2 Å². The van der Waals surface area contributed by atoms with Gasteiger partial charge in [0.15, 0.2) is 0 Å². The Bertz CT molecular complexity index is 182. The van der Waals surface area contributed by atoms with Crippen molar-refractivity contribution in [3.63, 3.8) is 0 Å². The Kier molecular flexibility index (Phi) is 5.03. The quantitative estimate of drug-likeness (QED) is 0.708. The van der Waals surface area contributed by atoms with Crippen LogP contribution in [0.15, 0.2) is 0 Å². The van der Waals surface area contributed by atoms with Crippen molar-refractivity contribution in [1.29, 1.82) is 0 Å². The molecule has 1 fully saturated rings. The summed E-state index contributed by atoms with van der Waals surface area (Å²) >= 11 is 0. The smallest absolute Gasteiger partial charge is 0.0707 e. The van der Waals surface area contributed by atoms with E-state index >= 15 is 0 Å². The lowest BCUT2D eigenvalue weighted by Crippen LogP contribution is -2.36. The maximum atomic E-state index is 8.87. The van der Waals surface area contributed by atoms with Gasteiger partial charge in [0.1, 0.15) is 0 Å². The highest BCUT2D eigenvalue weighted by molar-refractivity contribution is 4.82. The molecule has 1 heterocycles. The molecule has 1 aliphatic rings. The first-order chi connectivity index (χ1) is 7.07. The molecule has 15 heavy (non-hydrogen) atoms. The van der Waals surface area contributed by atoms with E-state index in [1.807, 2.05) is 0 Å². The second-order valence-electron chi connectivity index (χ2n) is 5.06. The molecule has 2 N–H and O–H groups in total. The fourth-order valence-corrected chi connectivity index (χ4v) is 2.13. The van der Waals surface area contributed by atoms with E-state index in [4.69, 9.17) is 9.84 Å². The van der Waals surface area contributed by atoms with Crippen LogP contribution in [0.1, 0.15) is 46.5 Å². The Balaban J connectivity index is 2.19. The topological polar surface area (TPSA) is 41.5 Å². The van der Waals surface area contributed by atoms with Crippen LogP contribution in [0.4, 0.5) is 0 Å². The Morgan fingerprint density at radius 1 is 1.53 bits per heavy atom. The highest BCUT2D eigenvalue weighted by atomic mass is 16.5. The van der Waals surface area contributed by atoms with E-state index in [1.165, 1.54) is 0 Å². The van der Waals surface area contributed by atoms with Gasteiger partial charge >= 0.3 is 0 Å². The largest absolute Gasteiger partial charge is 0.396 e. The highest BCUT2D eigenvalue weighted by Gasteiger charge is 2.31. The van der Waals surface area contributed by atoms with Gasteiger partial charge in [0.25, 0.3) is 0 Å². The lowest BCUT2D eigenvalue weighted by molar-refractivity contribution is -0.0154. The Labute approximate surface area is 93.2 Å². The predicted octanol–water partition coefficient (Wildman–Crippen LogP) is 1.69. The number of aliphatic hydroxyl groups excluding tert-OH is 1. The summed E-state index contributed by atoms with van der Waals surface area (Å²) in [5, 5.41) is 12.3. The molecule has 3 nitrogen and oxygen atoms in total. The van der Waals surface area contributed by atoms with E-state index in [1.54, 1.807) is 0 Å². The Morgan fingerprint density at radius 2 is 2.27 bits per heavy atom. The van der Waals surface area contributed by atoms with Crippen molar-refractivity contribution in [1.82, 2.24) is 5.32 Å². The van der Waals surface area contributed by atoms with Gasteiger partial charge in [-0.25, -0.2) is 0 Å². The van der Waals surface area contributed by atoms with Crippen molar-refractivity contribution in [3.8, 4) is 0 Å². The number of rotatable bonds is 6. The van der Waals surface area contributed by atoms with Gasteiger partial charge in [-0.2, -0.15) is 0 Å². The fraction of sp³-hybridized carbons (Fsp3) is 1.00. The van der Waals surface area contributed by atoms with E-state index in [0.29, 0.717) is 12.1 Å². The van der Waals surface area contributed by atoms with Crippen LogP contribution >= 0.6 is 0 Å². The molecule has 3 heteroatoms. The number of hydrogen-bond acceptors (Lipinski definition) is 3. The molecule has 0 spiro atoms. The Morgan fingerprint density at radius 3 is 2.73 bits per heavy atom. The molecule has 90 valence electrons. The van der Waals surface area contributed by atoms with E-state index in [-0.39, 0.29) is 12.2 Å². The molecule has 2 atom stereocenters. The summed E-state index contributed by atoms with van der Waals surface area (Å²) in [6.45, 7) is 7.63. The summed E-state index contributed by atoms with van der Waals surface area (Å²) in [4.78, 5) is 0. The van der Waals surface area contributed by atoms with Crippen LogP contribution in [0.2, 0.25) is 0 Å². The average Bonchev–Trinajstić information content (AvgIpc) is 2.53. The molecule has 0 aromatic rings. The molecule has 1 aliphatic heterocycles. The van der Waals surface area contributed by atoms with Crippen LogP contribution in [0, 0.1) is 0 Å². The van der Waals surface area contributed by atoms with Gasteiger partial charge < -0.3 is 15.2 Å². The highest BCUT2D eigenvalue weighted by Crippen LogP contribution is 2.28. The summed E-state index contributed by atoms with van der Waals surface area (Å²) in [6.07, 6.45) is 4.56. The molecule has 0 aromatic heterocycles. The molecule has 0 aliphatic carbocycles. The van der Waals surface area contributed by atoms with Crippen molar-refractivity contribution in [2.24, 2.45) is 0 Å². The molecule has 0 amide bonds. The first-order valence-corrected chi connectivity index (χ1v) is 6.09. The molecule has 1 rings (SSSR count). The maximum Gasteiger partial charge on any atom is 0.0707 e. The standard InChI is InChI=1S/C12H25NO2/c1-4-10(6-8-14)13-9-11-5-7-12(2,3)15-11/h10-11,13-14H,4-9H2,1-3H3. The first-order valence-electron chi connectivity index (χ1n) is 6.09. The molecule has 1 saturated heterocycles. The van der Waals surface area contributed by atoms with E-state index < -0.39 is 0 Å². The maximum absolute atomic E-state index is 8.87. The molecular formula is C12H25NO2. The van der Waals surface area contributed by atoms with Gasteiger partial charge in [-0.1, -0.05) is 6.92 Å². The van der Waals surface area contributed by atoms with Crippen LogP contribution in [0.5, 0.6) is 0 Å². The molecular weight excluding hydrogens is 190 g/mol. The van der Waals surface area contributed by atoms with E-state index in [9.17, 15) is 0 Å². The summed E-state index contributed by atoms with van der Waals surface area (Å²) in [5.41, 5.74) is 0.0606.